The Morgan fingerprint density at radius 2 is 1.16 bits per heavy atom. The van der Waals surface area contributed by atoms with Crippen molar-refractivity contribution in [1.29, 1.82) is 0 Å². The molecule has 114 valence electrons. The number of hydrogen-bond acceptors (Lipinski definition) is 2. The van der Waals surface area contributed by atoms with Gasteiger partial charge in [0.2, 0.25) is 5.83 Å². The minimum Gasteiger partial charge on any atom is -0.265 e. The molecule has 19 heavy (non-hydrogen) atoms. The minimum absolute atomic E-state index is 0.358. The molecule has 0 saturated heterocycles. The van der Waals surface area contributed by atoms with Crippen molar-refractivity contribution in [3.05, 3.63) is 11.4 Å². The van der Waals surface area contributed by atoms with Crippen LogP contribution in [-0.4, -0.2) is 41.7 Å². The van der Waals surface area contributed by atoms with Crippen molar-refractivity contribution in [2.24, 2.45) is 0 Å². The second-order valence-electron chi connectivity index (χ2n) is 3.67. The first-order chi connectivity index (χ1) is 8.74. The predicted octanol–water partition coefficient (Wildman–Crippen LogP) is 4.65. The maximum atomic E-state index is 13.9. The second-order valence-corrected chi connectivity index (χ2v) is 5.77. The van der Waals surface area contributed by atoms with Gasteiger partial charge >= 0.3 is 6.18 Å². The molecule has 0 N–H and O–H groups in total. The molecule has 0 aliphatic rings. The molecule has 0 aliphatic heterocycles. The Bertz CT molecular complexity index is 286. The number of allylic oxidation sites excluding steroid dienone is 1. The van der Waals surface area contributed by atoms with E-state index in [-0.39, 0.29) is 0 Å². The molecule has 0 aromatic heterocycles. The number of halogens is 5. The van der Waals surface area contributed by atoms with Gasteiger partial charge in [0.25, 0.3) is 0 Å². The Balaban J connectivity index is 5.59. The van der Waals surface area contributed by atoms with Crippen LogP contribution in [0, 0.1) is 0 Å². The third kappa shape index (κ3) is 4.97. The normalized spacial score (nSPS) is 14.5. The van der Waals surface area contributed by atoms with Crippen molar-refractivity contribution >= 4 is 8.22 Å². The van der Waals surface area contributed by atoms with E-state index >= 15 is 0 Å². The van der Waals surface area contributed by atoms with Gasteiger partial charge in [-0.15, -0.1) is 0 Å². The molecule has 0 atom stereocenters. The fourth-order valence-corrected chi connectivity index (χ4v) is 3.84. The van der Waals surface area contributed by atoms with E-state index < -0.39 is 25.8 Å². The van der Waals surface area contributed by atoms with Crippen LogP contribution in [0.5, 0.6) is 0 Å². The topological polar surface area (TPSA) is 6.48 Å². The molecule has 0 aliphatic carbocycles. The molecule has 0 bridgehead atoms. The van der Waals surface area contributed by atoms with Crippen LogP contribution in [0.3, 0.4) is 0 Å². The van der Waals surface area contributed by atoms with Crippen molar-refractivity contribution in [2.45, 2.75) is 33.9 Å². The van der Waals surface area contributed by atoms with Gasteiger partial charge in [0.1, 0.15) is 8.22 Å². The summed E-state index contributed by atoms with van der Waals surface area (Å²) in [6.07, 6.45) is -5.27. The summed E-state index contributed by atoms with van der Waals surface area (Å²) in [5.74, 6) is -2.61. The second kappa shape index (κ2) is 8.12. The van der Waals surface area contributed by atoms with Crippen LogP contribution >= 0.6 is 8.22 Å². The first kappa shape index (κ1) is 18.7. The van der Waals surface area contributed by atoms with E-state index in [2.05, 4.69) is 0 Å². The van der Waals surface area contributed by atoms with Gasteiger partial charge in [-0.25, -0.2) is 4.39 Å². The Kier molecular flexibility index (Phi) is 8.01. The number of alkyl halides is 3. The summed E-state index contributed by atoms with van der Waals surface area (Å²) in [7, 11) is -2.07. The summed E-state index contributed by atoms with van der Waals surface area (Å²) in [5, 5.41) is 0. The molecule has 0 heterocycles. The molecule has 0 unspecified atom stereocenters. The molecule has 8 heteroatoms. The predicted molar refractivity (Wildman–Crippen MR) is 68.1 cm³/mol. The molecule has 0 fully saturated rings. The van der Waals surface area contributed by atoms with Gasteiger partial charge in [-0.2, -0.15) is 17.6 Å². The molecule has 0 radical (unpaired) electrons. The smallest absolute Gasteiger partial charge is 0.265 e. The molecule has 0 aromatic carbocycles. The largest absolute Gasteiger partial charge is 0.446 e. The average Bonchev–Trinajstić information content (AvgIpc) is 2.36. The molecule has 0 rings (SSSR count). The summed E-state index contributed by atoms with van der Waals surface area (Å²) in [6.45, 7) is 8.27. The Hall–Kier alpha value is -0.260. The molecule has 0 amide bonds. The highest BCUT2D eigenvalue weighted by molar-refractivity contribution is 7.57. The zero-order valence-corrected chi connectivity index (χ0v) is 12.5. The van der Waals surface area contributed by atoms with Crippen LogP contribution in [0.4, 0.5) is 22.0 Å². The van der Waals surface area contributed by atoms with Crippen molar-refractivity contribution in [2.75, 3.05) is 26.2 Å². The van der Waals surface area contributed by atoms with Gasteiger partial charge in [-0.1, -0.05) is 27.7 Å². The maximum absolute atomic E-state index is 13.9. The fourth-order valence-electron chi connectivity index (χ4n) is 1.62. The first-order valence-electron chi connectivity index (χ1n) is 6.16. The van der Waals surface area contributed by atoms with Gasteiger partial charge < -0.3 is 0 Å². The van der Waals surface area contributed by atoms with Crippen LogP contribution in [0.25, 0.3) is 0 Å². The highest BCUT2D eigenvalue weighted by Crippen LogP contribution is 2.55. The lowest BCUT2D eigenvalue weighted by molar-refractivity contribution is -0.110. The van der Waals surface area contributed by atoms with E-state index in [9.17, 15) is 22.0 Å². The van der Waals surface area contributed by atoms with Crippen LogP contribution in [0.2, 0.25) is 0 Å². The van der Waals surface area contributed by atoms with Crippen LogP contribution in [-0.2, 0) is 0 Å². The number of nitrogens with zero attached hydrogens (tertiary/aromatic N) is 2. The highest BCUT2D eigenvalue weighted by Gasteiger charge is 2.42. The zero-order chi connectivity index (χ0) is 15.2. The van der Waals surface area contributed by atoms with Crippen molar-refractivity contribution in [3.8, 4) is 0 Å². The molecular weight excluding hydrogens is 286 g/mol. The highest BCUT2D eigenvalue weighted by atomic mass is 31.1. The summed E-state index contributed by atoms with van der Waals surface area (Å²) >= 11 is 0. The van der Waals surface area contributed by atoms with Crippen LogP contribution in [0.15, 0.2) is 11.4 Å². The third-order valence-corrected chi connectivity index (χ3v) is 5.35. The van der Waals surface area contributed by atoms with Crippen LogP contribution in [0.1, 0.15) is 27.7 Å². The van der Waals surface area contributed by atoms with E-state index in [4.69, 9.17) is 0 Å². The summed E-state index contributed by atoms with van der Waals surface area (Å²) in [6, 6.07) is 0. The van der Waals surface area contributed by atoms with Crippen LogP contribution < -0.4 is 0 Å². The van der Waals surface area contributed by atoms with E-state index in [1.807, 2.05) is 0 Å². The zero-order valence-electron chi connectivity index (χ0n) is 11.6. The lowest BCUT2D eigenvalue weighted by Crippen LogP contribution is -2.29. The molecular formula is C11H20F5N2P. The molecule has 0 saturated carbocycles. The summed E-state index contributed by atoms with van der Waals surface area (Å²) in [4.78, 5) is 0. The van der Waals surface area contributed by atoms with E-state index in [0.717, 1.165) is 0 Å². The van der Waals surface area contributed by atoms with Gasteiger partial charge in [-0.05, 0) is 0 Å². The Morgan fingerprint density at radius 1 is 0.842 bits per heavy atom. The standard InChI is InChI=1S/C11H20F5N2P/c1-5-17(6-2)19(18(7-3)8-4)10(13)9(12)11(14,15)16/h5-8H2,1-4H3/b10-9+. The van der Waals surface area contributed by atoms with Gasteiger partial charge in [0.05, 0.1) is 0 Å². The fraction of sp³-hybridized carbons (Fsp3) is 0.818. The average molecular weight is 306 g/mol. The van der Waals surface area contributed by atoms with E-state index in [1.54, 1.807) is 27.7 Å². The van der Waals surface area contributed by atoms with Crippen molar-refractivity contribution in [3.63, 3.8) is 0 Å². The van der Waals surface area contributed by atoms with Crippen molar-refractivity contribution in [1.82, 2.24) is 9.34 Å². The number of rotatable bonds is 7. The molecule has 0 spiro atoms. The van der Waals surface area contributed by atoms with Gasteiger partial charge in [-0.3, -0.25) is 9.34 Å². The molecule has 2 nitrogen and oxygen atoms in total. The maximum Gasteiger partial charge on any atom is 0.446 e. The first-order valence-corrected chi connectivity index (χ1v) is 7.41. The van der Waals surface area contributed by atoms with E-state index in [0.29, 0.717) is 26.2 Å². The lowest BCUT2D eigenvalue weighted by atomic mass is 10.6. The number of hydrogen-bond donors (Lipinski definition) is 0. The van der Waals surface area contributed by atoms with E-state index in [1.165, 1.54) is 9.34 Å². The molecule has 0 aromatic rings. The Morgan fingerprint density at radius 3 is 1.37 bits per heavy atom. The quantitative estimate of drug-likeness (QED) is 0.499. The SMILES string of the molecule is CCN(CC)P(/C(F)=C(/F)C(F)(F)F)N(CC)CC. The minimum atomic E-state index is -5.27. The van der Waals surface area contributed by atoms with Crippen molar-refractivity contribution < 1.29 is 22.0 Å². The van der Waals surface area contributed by atoms with Gasteiger partial charge in [0.15, 0.2) is 5.57 Å². The summed E-state index contributed by atoms with van der Waals surface area (Å²) in [5.41, 5.74) is -1.70. The third-order valence-electron chi connectivity index (χ3n) is 2.60. The Labute approximate surface area is 112 Å². The van der Waals surface area contributed by atoms with Gasteiger partial charge in [0, 0.05) is 26.2 Å². The summed E-state index contributed by atoms with van der Waals surface area (Å²) < 4.78 is 67.0. The monoisotopic (exact) mass is 306 g/mol. The lowest BCUT2D eigenvalue weighted by Gasteiger charge is -2.36.